The van der Waals surface area contributed by atoms with Gasteiger partial charge in [0.2, 0.25) is 0 Å². The van der Waals surface area contributed by atoms with E-state index in [-0.39, 0.29) is 11.9 Å². The number of nitrogens with one attached hydrogen (secondary N) is 3. The summed E-state index contributed by atoms with van der Waals surface area (Å²) in [6.07, 6.45) is 1.62. The summed E-state index contributed by atoms with van der Waals surface area (Å²) >= 11 is 0. The second-order valence-electron chi connectivity index (χ2n) is 3.93. The van der Waals surface area contributed by atoms with E-state index in [2.05, 4.69) is 36.2 Å². The molecule has 0 spiro atoms. The average molecular weight is 261 g/mol. The number of pyridine rings is 1. The van der Waals surface area contributed by atoms with E-state index in [1.807, 2.05) is 13.0 Å². The van der Waals surface area contributed by atoms with Crippen LogP contribution in [0.5, 0.6) is 0 Å². The van der Waals surface area contributed by atoms with Gasteiger partial charge in [-0.15, -0.1) is 10.2 Å². The minimum absolute atomic E-state index is 0.277. The Morgan fingerprint density at radius 2 is 2.32 bits per heavy atom. The van der Waals surface area contributed by atoms with Crippen molar-refractivity contribution in [1.82, 2.24) is 30.9 Å². The molecule has 0 saturated heterocycles. The number of H-pyrrole nitrogens is 1. The second kappa shape index (κ2) is 5.89. The molecule has 0 radical (unpaired) electrons. The van der Waals surface area contributed by atoms with Crippen molar-refractivity contribution in [3.05, 3.63) is 29.8 Å². The monoisotopic (exact) mass is 261 g/mol. The number of aromatic nitrogens is 5. The average Bonchev–Trinajstić information content (AvgIpc) is 2.94. The molecule has 2 aromatic rings. The van der Waals surface area contributed by atoms with Crippen LogP contribution in [0.1, 0.15) is 36.2 Å². The Hall–Kier alpha value is -2.51. The number of carbonyl (C=O) groups is 1. The lowest BCUT2D eigenvalue weighted by molar-refractivity contribution is 0.0933. The molecule has 0 aliphatic rings. The van der Waals surface area contributed by atoms with E-state index in [1.165, 1.54) is 0 Å². The number of anilines is 1. The number of hydrogen-bond donors (Lipinski definition) is 3. The Morgan fingerprint density at radius 3 is 2.89 bits per heavy atom. The van der Waals surface area contributed by atoms with Crippen LogP contribution in [-0.2, 0) is 0 Å². The summed E-state index contributed by atoms with van der Waals surface area (Å²) in [6, 6.07) is 3.14. The van der Waals surface area contributed by atoms with Gasteiger partial charge in [0.15, 0.2) is 5.82 Å². The molecule has 0 fully saturated rings. The van der Waals surface area contributed by atoms with Gasteiger partial charge in [-0.1, -0.05) is 5.21 Å². The maximum atomic E-state index is 11.9. The topological polar surface area (TPSA) is 108 Å². The molecule has 0 aromatic carbocycles. The number of rotatable bonds is 5. The number of tetrazole rings is 1. The van der Waals surface area contributed by atoms with E-state index in [1.54, 1.807) is 19.2 Å². The third-order valence-corrected chi connectivity index (χ3v) is 2.47. The molecule has 1 amide bonds. The Kier molecular flexibility index (Phi) is 4.01. The molecule has 19 heavy (non-hydrogen) atoms. The van der Waals surface area contributed by atoms with Gasteiger partial charge in [-0.25, -0.2) is 4.98 Å². The van der Waals surface area contributed by atoms with Crippen LogP contribution >= 0.6 is 0 Å². The molecule has 0 aliphatic heterocycles. The maximum Gasteiger partial charge on any atom is 0.270 e. The zero-order valence-electron chi connectivity index (χ0n) is 10.7. The fourth-order valence-corrected chi connectivity index (χ4v) is 1.52. The highest BCUT2D eigenvalue weighted by Gasteiger charge is 2.15. The highest BCUT2D eigenvalue weighted by molar-refractivity contribution is 5.92. The normalized spacial score (nSPS) is 11.9. The van der Waals surface area contributed by atoms with E-state index in [0.29, 0.717) is 11.5 Å². The van der Waals surface area contributed by atoms with Crippen molar-refractivity contribution in [1.29, 1.82) is 0 Å². The van der Waals surface area contributed by atoms with Crippen LogP contribution < -0.4 is 10.6 Å². The minimum atomic E-state index is -0.332. The molecule has 1 unspecified atom stereocenters. The lowest BCUT2D eigenvalue weighted by atomic mass is 10.2. The summed E-state index contributed by atoms with van der Waals surface area (Å²) in [7, 11) is 0. The molecule has 0 bridgehead atoms. The summed E-state index contributed by atoms with van der Waals surface area (Å²) < 4.78 is 0. The van der Waals surface area contributed by atoms with Gasteiger partial charge in [-0.2, -0.15) is 5.21 Å². The van der Waals surface area contributed by atoms with Crippen LogP contribution in [0.2, 0.25) is 0 Å². The van der Waals surface area contributed by atoms with E-state index in [0.717, 1.165) is 12.2 Å². The van der Waals surface area contributed by atoms with Gasteiger partial charge >= 0.3 is 0 Å². The fourth-order valence-electron chi connectivity index (χ4n) is 1.52. The first kappa shape index (κ1) is 12.9. The van der Waals surface area contributed by atoms with E-state index < -0.39 is 0 Å². The summed E-state index contributed by atoms with van der Waals surface area (Å²) in [5.41, 5.74) is 1.22. The first-order valence-electron chi connectivity index (χ1n) is 5.95. The third kappa shape index (κ3) is 3.24. The van der Waals surface area contributed by atoms with Crippen molar-refractivity contribution in [2.75, 3.05) is 11.9 Å². The lowest BCUT2D eigenvalue weighted by Gasteiger charge is -2.09. The van der Waals surface area contributed by atoms with Gasteiger partial charge in [-0.05, 0) is 26.0 Å². The Balaban J connectivity index is 1.99. The summed E-state index contributed by atoms with van der Waals surface area (Å²) in [6.45, 7) is 4.57. The number of carbonyl (C=O) groups excluding carboxylic acids is 1. The number of nitrogens with zero attached hydrogens (tertiary/aromatic N) is 4. The Morgan fingerprint density at radius 1 is 1.47 bits per heavy atom. The first-order valence-corrected chi connectivity index (χ1v) is 5.95. The predicted octanol–water partition coefficient (Wildman–Crippen LogP) is 0.517. The molecular weight excluding hydrogens is 246 g/mol. The van der Waals surface area contributed by atoms with Crippen LogP contribution in [0.15, 0.2) is 18.3 Å². The molecular formula is C11H15N7O. The molecule has 8 heteroatoms. The molecule has 2 heterocycles. The first-order chi connectivity index (χ1) is 9.20. The SMILES string of the molecule is CCNc1ccc(C(=O)NC(C)c2nn[nH]n2)nc1. The van der Waals surface area contributed by atoms with Crippen LogP contribution in [0.25, 0.3) is 0 Å². The van der Waals surface area contributed by atoms with Crippen LogP contribution in [0.3, 0.4) is 0 Å². The quantitative estimate of drug-likeness (QED) is 0.724. The number of hydrogen-bond acceptors (Lipinski definition) is 6. The van der Waals surface area contributed by atoms with Crippen molar-refractivity contribution >= 4 is 11.6 Å². The highest BCUT2D eigenvalue weighted by atomic mass is 16.1. The van der Waals surface area contributed by atoms with Crippen LogP contribution in [-0.4, -0.2) is 38.1 Å². The van der Waals surface area contributed by atoms with Crippen molar-refractivity contribution in [3.63, 3.8) is 0 Å². The smallest absolute Gasteiger partial charge is 0.270 e. The molecule has 0 aliphatic carbocycles. The molecule has 2 rings (SSSR count). The number of amides is 1. The standard InChI is InChI=1S/C11H15N7O/c1-3-12-8-4-5-9(13-6-8)11(19)14-7(2)10-15-17-18-16-10/h4-7,12H,3H2,1-2H3,(H,14,19)(H,15,16,17,18). The summed E-state index contributed by atoms with van der Waals surface area (Å²) in [5.74, 6) is 0.151. The molecule has 8 nitrogen and oxygen atoms in total. The molecule has 1 atom stereocenters. The Bertz CT molecular complexity index is 522. The van der Waals surface area contributed by atoms with Gasteiger partial charge in [0.25, 0.3) is 5.91 Å². The highest BCUT2D eigenvalue weighted by Crippen LogP contribution is 2.08. The number of aromatic amines is 1. The third-order valence-electron chi connectivity index (χ3n) is 2.47. The minimum Gasteiger partial charge on any atom is -0.384 e. The van der Waals surface area contributed by atoms with Crippen molar-refractivity contribution in [3.8, 4) is 0 Å². The lowest BCUT2D eigenvalue weighted by Crippen LogP contribution is -2.28. The molecule has 3 N–H and O–H groups in total. The molecule has 0 saturated carbocycles. The predicted molar refractivity (Wildman–Crippen MR) is 68.5 cm³/mol. The molecule has 100 valence electrons. The summed E-state index contributed by atoms with van der Waals surface area (Å²) in [5, 5.41) is 19.3. The zero-order chi connectivity index (χ0) is 13.7. The van der Waals surface area contributed by atoms with Crippen LogP contribution in [0.4, 0.5) is 5.69 Å². The Labute approximate surface area is 110 Å². The van der Waals surface area contributed by atoms with Gasteiger partial charge < -0.3 is 10.6 Å². The zero-order valence-corrected chi connectivity index (χ0v) is 10.7. The summed E-state index contributed by atoms with van der Waals surface area (Å²) in [4.78, 5) is 16.0. The van der Waals surface area contributed by atoms with Gasteiger partial charge in [0, 0.05) is 6.54 Å². The maximum absolute atomic E-state index is 11.9. The fraction of sp³-hybridized carbons (Fsp3) is 0.364. The van der Waals surface area contributed by atoms with E-state index >= 15 is 0 Å². The largest absolute Gasteiger partial charge is 0.384 e. The van der Waals surface area contributed by atoms with Crippen molar-refractivity contribution in [2.24, 2.45) is 0 Å². The van der Waals surface area contributed by atoms with Crippen molar-refractivity contribution < 1.29 is 4.79 Å². The van der Waals surface area contributed by atoms with Gasteiger partial charge in [0.05, 0.1) is 17.9 Å². The van der Waals surface area contributed by atoms with E-state index in [9.17, 15) is 4.79 Å². The van der Waals surface area contributed by atoms with Gasteiger partial charge in [-0.3, -0.25) is 4.79 Å². The van der Waals surface area contributed by atoms with E-state index in [4.69, 9.17) is 0 Å². The van der Waals surface area contributed by atoms with Gasteiger partial charge in [0.1, 0.15) is 5.69 Å². The van der Waals surface area contributed by atoms with Crippen molar-refractivity contribution in [2.45, 2.75) is 19.9 Å². The second-order valence-corrected chi connectivity index (χ2v) is 3.93. The van der Waals surface area contributed by atoms with Crippen LogP contribution in [0, 0.1) is 0 Å². The molecule has 2 aromatic heterocycles.